The third-order valence-corrected chi connectivity index (χ3v) is 6.07. The molecule has 1 atom stereocenters. The quantitative estimate of drug-likeness (QED) is 0.694. The van der Waals surface area contributed by atoms with Gasteiger partial charge in [0.15, 0.2) is 5.76 Å². The molecule has 8 heteroatoms. The van der Waals surface area contributed by atoms with Crippen molar-refractivity contribution < 1.29 is 18.6 Å². The number of nitrogens with zero attached hydrogens (tertiary/aromatic N) is 1. The van der Waals surface area contributed by atoms with Gasteiger partial charge >= 0.3 is 0 Å². The Balaban J connectivity index is 1.61. The van der Waals surface area contributed by atoms with E-state index in [2.05, 4.69) is 19.2 Å². The molecule has 0 radical (unpaired) electrons. The van der Waals surface area contributed by atoms with Gasteiger partial charge in [0.2, 0.25) is 5.88 Å². The predicted molar refractivity (Wildman–Crippen MR) is 99.5 cm³/mol. The van der Waals surface area contributed by atoms with Crippen LogP contribution in [0.3, 0.4) is 0 Å². The van der Waals surface area contributed by atoms with Gasteiger partial charge in [-0.2, -0.15) is 0 Å². The van der Waals surface area contributed by atoms with Crippen molar-refractivity contribution in [1.82, 2.24) is 4.31 Å². The lowest BCUT2D eigenvalue weighted by Crippen LogP contribution is -2.38. The normalized spacial score (nSPS) is 18.3. The number of piperidine rings is 1. The van der Waals surface area contributed by atoms with Crippen molar-refractivity contribution in [2.45, 2.75) is 31.6 Å². The summed E-state index contributed by atoms with van der Waals surface area (Å²) in [6, 6.07) is 9.85. The number of anilines is 2. The maximum atomic E-state index is 12.7. The third-order valence-electron chi connectivity index (χ3n) is 4.56. The van der Waals surface area contributed by atoms with E-state index in [4.69, 9.17) is 9.62 Å². The van der Waals surface area contributed by atoms with Gasteiger partial charge in [-0.25, -0.2) is 14.0 Å². The Morgan fingerprint density at radius 3 is 2.38 bits per heavy atom. The lowest BCUT2D eigenvalue weighted by Gasteiger charge is -2.35. The zero-order valence-corrected chi connectivity index (χ0v) is 15.6. The van der Waals surface area contributed by atoms with E-state index in [9.17, 15) is 9.00 Å². The van der Waals surface area contributed by atoms with Crippen LogP contribution in [0.4, 0.5) is 11.6 Å². The highest BCUT2D eigenvalue weighted by atomic mass is 32.2. The Hall–Kier alpha value is -2.16. The van der Waals surface area contributed by atoms with E-state index in [1.807, 2.05) is 9.79 Å². The monoisotopic (exact) mass is 377 g/mol. The number of amides is 1. The van der Waals surface area contributed by atoms with Gasteiger partial charge in [-0.05, 0) is 48.6 Å². The molecule has 26 heavy (non-hydrogen) atoms. The summed E-state index contributed by atoms with van der Waals surface area (Å²) in [4.78, 5) is 12.8. The zero-order chi connectivity index (χ0) is 18.7. The number of furan rings is 1. The first-order chi connectivity index (χ1) is 12.4. The van der Waals surface area contributed by atoms with Crippen molar-refractivity contribution in [1.29, 1.82) is 0 Å². The van der Waals surface area contributed by atoms with E-state index < -0.39 is 16.9 Å². The summed E-state index contributed by atoms with van der Waals surface area (Å²) in [7, 11) is -1.19. The Morgan fingerprint density at radius 1 is 1.15 bits per heavy atom. The number of hydrogen-bond donors (Lipinski definition) is 3. The van der Waals surface area contributed by atoms with Crippen LogP contribution in [0.2, 0.25) is 0 Å². The van der Waals surface area contributed by atoms with Gasteiger partial charge in [0.05, 0.1) is 4.90 Å². The summed E-state index contributed by atoms with van der Waals surface area (Å²) >= 11 is 0. The van der Waals surface area contributed by atoms with Crippen molar-refractivity contribution in [3.05, 3.63) is 42.2 Å². The van der Waals surface area contributed by atoms with E-state index in [0.717, 1.165) is 25.9 Å². The van der Waals surface area contributed by atoms with E-state index >= 15 is 0 Å². The van der Waals surface area contributed by atoms with Crippen LogP contribution in [-0.4, -0.2) is 32.7 Å². The van der Waals surface area contributed by atoms with Crippen molar-refractivity contribution in [2.24, 2.45) is 5.41 Å². The fourth-order valence-corrected chi connectivity index (χ4v) is 3.96. The van der Waals surface area contributed by atoms with E-state index in [1.54, 1.807) is 24.3 Å². The molecule has 1 aromatic heterocycles. The highest BCUT2D eigenvalue weighted by Gasteiger charge is 2.28. The smallest absolute Gasteiger partial charge is 0.291 e. The molecule has 3 N–H and O–H groups in total. The van der Waals surface area contributed by atoms with Gasteiger partial charge in [0, 0.05) is 24.8 Å². The Kier molecular flexibility index (Phi) is 5.45. The minimum absolute atomic E-state index is 0.0742. The maximum absolute atomic E-state index is 12.7. The molecule has 1 amide bonds. The Morgan fingerprint density at radius 2 is 1.81 bits per heavy atom. The molecule has 2 aromatic rings. The number of carbonyl (C=O) groups excluding carboxylic acids is 1. The molecule has 0 aliphatic carbocycles. The standard InChI is InChI=1S/C18H23N3O4S/c1-18(2)9-11-21(12-10-18)26(24)14-5-3-13(4-6-14)19-17(22)15-7-8-16(20-23)25-15/h3-8,20,23H,9-12H2,1-2H3,(H,19,22). The molecule has 0 saturated carbocycles. The van der Waals surface area contributed by atoms with Gasteiger partial charge in [0.1, 0.15) is 11.0 Å². The maximum Gasteiger partial charge on any atom is 0.291 e. The molecule has 3 rings (SSSR count). The van der Waals surface area contributed by atoms with E-state index in [-0.39, 0.29) is 11.6 Å². The molecular weight excluding hydrogens is 354 g/mol. The molecule has 1 aromatic carbocycles. The molecule has 2 heterocycles. The zero-order valence-electron chi connectivity index (χ0n) is 14.8. The number of rotatable bonds is 5. The molecule has 1 fully saturated rings. The minimum Gasteiger partial charge on any atom is -0.433 e. The van der Waals surface area contributed by atoms with Crippen LogP contribution in [-0.2, 0) is 11.0 Å². The second kappa shape index (κ2) is 7.61. The Labute approximate surface area is 154 Å². The van der Waals surface area contributed by atoms with Crippen molar-refractivity contribution in [2.75, 3.05) is 23.9 Å². The third kappa shape index (κ3) is 4.32. The van der Waals surface area contributed by atoms with Crippen LogP contribution >= 0.6 is 0 Å². The molecule has 140 valence electrons. The van der Waals surface area contributed by atoms with E-state index in [1.165, 1.54) is 12.1 Å². The Bertz CT molecular complexity index is 791. The van der Waals surface area contributed by atoms with Crippen LogP contribution in [0.1, 0.15) is 37.2 Å². The first kappa shape index (κ1) is 18.6. The highest BCUT2D eigenvalue weighted by Crippen LogP contribution is 2.31. The molecular formula is C18H23N3O4S. The lowest BCUT2D eigenvalue weighted by molar-refractivity contribution is 0.0997. The molecule has 1 aliphatic rings. The fourth-order valence-electron chi connectivity index (χ4n) is 2.77. The van der Waals surface area contributed by atoms with Gasteiger partial charge in [-0.3, -0.25) is 10.0 Å². The second-order valence-electron chi connectivity index (χ2n) is 7.10. The SMILES string of the molecule is CC1(C)CCN(S(=O)c2ccc(NC(=O)c3ccc(NO)o3)cc2)CC1. The van der Waals surface area contributed by atoms with Crippen LogP contribution in [0.25, 0.3) is 0 Å². The summed E-state index contributed by atoms with van der Waals surface area (Å²) in [6.45, 7) is 6.11. The predicted octanol–water partition coefficient (Wildman–Crippen LogP) is 3.48. The second-order valence-corrected chi connectivity index (χ2v) is 8.58. The van der Waals surface area contributed by atoms with Gasteiger partial charge in [-0.1, -0.05) is 13.8 Å². The highest BCUT2D eigenvalue weighted by molar-refractivity contribution is 7.82. The summed E-state index contributed by atoms with van der Waals surface area (Å²) in [5.41, 5.74) is 2.72. The molecule has 1 saturated heterocycles. The topological polar surface area (TPSA) is 94.8 Å². The van der Waals surface area contributed by atoms with Crippen molar-refractivity contribution in [3.8, 4) is 0 Å². The largest absolute Gasteiger partial charge is 0.433 e. The van der Waals surface area contributed by atoms with Crippen LogP contribution < -0.4 is 10.8 Å². The van der Waals surface area contributed by atoms with Crippen LogP contribution in [0.5, 0.6) is 0 Å². The average Bonchev–Trinajstić information content (AvgIpc) is 3.11. The number of carbonyl (C=O) groups is 1. The van der Waals surface area contributed by atoms with Crippen LogP contribution in [0.15, 0.2) is 45.7 Å². The summed E-state index contributed by atoms with van der Waals surface area (Å²) in [5.74, 6) is -0.269. The van der Waals surface area contributed by atoms with Crippen molar-refractivity contribution in [3.63, 3.8) is 0 Å². The number of hydrogen-bond acceptors (Lipinski definition) is 5. The summed E-state index contributed by atoms with van der Waals surface area (Å²) < 4.78 is 19.8. The first-order valence-corrected chi connectivity index (χ1v) is 9.57. The van der Waals surface area contributed by atoms with Gasteiger partial charge in [-0.15, -0.1) is 0 Å². The van der Waals surface area contributed by atoms with Crippen molar-refractivity contribution >= 4 is 28.5 Å². The fraction of sp³-hybridized carbons (Fsp3) is 0.389. The van der Waals surface area contributed by atoms with Crippen LogP contribution in [0, 0.1) is 5.41 Å². The summed E-state index contributed by atoms with van der Waals surface area (Å²) in [5, 5.41) is 11.4. The summed E-state index contributed by atoms with van der Waals surface area (Å²) in [6.07, 6.45) is 2.06. The number of nitrogens with one attached hydrogen (secondary N) is 2. The molecule has 0 bridgehead atoms. The molecule has 1 aliphatic heterocycles. The van der Waals surface area contributed by atoms with Gasteiger partial charge < -0.3 is 9.73 Å². The molecule has 7 nitrogen and oxygen atoms in total. The minimum atomic E-state index is -1.19. The molecule has 0 spiro atoms. The first-order valence-electron chi connectivity index (χ1n) is 8.46. The van der Waals surface area contributed by atoms with Gasteiger partial charge in [0.25, 0.3) is 5.91 Å². The number of benzene rings is 1. The average molecular weight is 377 g/mol. The van der Waals surface area contributed by atoms with E-state index in [0.29, 0.717) is 16.0 Å². The molecule has 1 unspecified atom stereocenters. The lowest BCUT2D eigenvalue weighted by atomic mass is 9.83.